The summed E-state index contributed by atoms with van der Waals surface area (Å²) in [5.74, 6) is 0. The Kier molecular flexibility index (Phi) is 4.07. The Morgan fingerprint density at radius 2 is 1.83 bits per heavy atom. The van der Waals surface area contributed by atoms with E-state index in [0.29, 0.717) is 0 Å². The average molecular weight is 253 g/mol. The van der Waals surface area contributed by atoms with Crippen molar-refractivity contribution in [1.29, 1.82) is 5.26 Å². The molecule has 90 valence electrons. The van der Waals surface area contributed by atoms with Crippen molar-refractivity contribution in [2.24, 2.45) is 0 Å². The minimum atomic E-state index is 0.721. The molecule has 0 heterocycles. The van der Waals surface area contributed by atoms with E-state index in [1.807, 2.05) is 25.1 Å². The maximum Gasteiger partial charge on any atom is 0.0991 e. The van der Waals surface area contributed by atoms with Crippen LogP contribution in [0.4, 0.5) is 0 Å². The minimum absolute atomic E-state index is 0.721. The number of hydrogen-bond acceptors (Lipinski definition) is 2. The van der Waals surface area contributed by atoms with Crippen LogP contribution in [0.15, 0.2) is 52.3 Å². The van der Waals surface area contributed by atoms with E-state index in [1.54, 1.807) is 11.8 Å². The topological polar surface area (TPSA) is 23.8 Å². The number of benzene rings is 2. The first kappa shape index (κ1) is 12.7. The van der Waals surface area contributed by atoms with Crippen LogP contribution in [-0.2, 0) is 6.42 Å². The third-order valence-electron chi connectivity index (χ3n) is 2.86. The van der Waals surface area contributed by atoms with Crippen molar-refractivity contribution in [3.8, 4) is 6.07 Å². The van der Waals surface area contributed by atoms with Gasteiger partial charge in [0.05, 0.1) is 11.6 Å². The molecule has 0 saturated carbocycles. The maximum absolute atomic E-state index is 8.84. The molecular weight excluding hydrogens is 238 g/mol. The largest absolute Gasteiger partial charge is 0.192 e. The molecule has 18 heavy (non-hydrogen) atoms. The zero-order valence-electron chi connectivity index (χ0n) is 10.6. The average Bonchev–Trinajstić information content (AvgIpc) is 2.42. The number of aryl methyl sites for hydroxylation is 2. The molecule has 2 rings (SSSR count). The first-order valence-electron chi connectivity index (χ1n) is 6.00. The Labute approximate surface area is 112 Å². The Bertz CT molecular complexity index is 579. The summed E-state index contributed by atoms with van der Waals surface area (Å²) in [6.45, 7) is 4.20. The van der Waals surface area contributed by atoms with E-state index >= 15 is 0 Å². The van der Waals surface area contributed by atoms with E-state index in [0.717, 1.165) is 17.5 Å². The summed E-state index contributed by atoms with van der Waals surface area (Å²) in [4.78, 5) is 2.44. The molecule has 0 spiro atoms. The number of nitriles is 1. The summed E-state index contributed by atoms with van der Waals surface area (Å²) in [7, 11) is 0. The van der Waals surface area contributed by atoms with Crippen LogP contribution in [0.5, 0.6) is 0 Å². The van der Waals surface area contributed by atoms with Crippen molar-refractivity contribution < 1.29 is 0 Å². The van der Waals surface area contributed by atoms with Crippen LogP contribution in [0.25, 0.3) is 0 Å². The molecule has 0 aliphatic heterocycles. The highest BCUT2D eigenvalue weighted by Crippen LogP contribution is 2.30. The summed E-state index contributed by atoms with van der Waals surface area (Å²) >= 11 is 1.74. The molecule has 0 amide bonds. The maximum atomic E-state index is 8.84. The zero-order valence-corrected chi connectivity index (χ0v) is 11.4. The van der Waals surface area contributed by atoms with Crippen molar-refractivity contribution in [2.45, 2.75) is 30.1 Å². The standard InChI is InChI=1S/C16H15NS/c1-3-13-4-7-15(8-5-13)18-16-9-6-14(11-17)10-12(16)2/h4-10H,3H2,1-2H3. The van der Waals surface area contributed by atoms with E-state index in [9.17, 15) is 0 Å². The third-order valence-corrected chi connectivity index (χ3v) is 4.05. The van der Waals surface area contributed by atoms with Crippen molar-refractivity contribution in [3.05, 3.63) is 59.2 Å². The molecule has 0 aromatic heterocycles. The van der Waals surface area contributed by atoms with Crippen molar-refractivity contribution in [1.82, 2.24) is 0 Å². The lowest BCUT2D eigenvalue weighted by atomic mass is 10.2. The highest BCUT2D eigenvalue weighted by atomic mass is 32.2. The van der Waals surface area contributed by atoms with E-state index in [1.165, 1.54) is 15.4 Å². The van der Waals surface area contributed by atoms with Crippen LogP contribution in [0.2, 0.25) is 0 Å². The molecule has 0 fully saturated rings. The van der Waals surface area contributed by atoms with Gasteiger partial charge in [-0.15, -0.1) is 0 Å². The second-order valence-electron chi connectivity index (χ2n) is 4.19. The second kappa shape index (κ2) is 5.75. The van der Waals surface area contributed by atoms with E-state index in [-0.39, 0.29) is 0 Å². The quantitative estimate of drug-likeness (QED) is 0.799. The van der Waals surface area contributed by atoms with Crippen molar-refractivity contribution in [2.75, 3.05) is 0 Å². The van der Waals surface area contributed by atoms with Gasteiger partial charge in [0.15, 0.2) is 0 Å². The highest BCUT2D eigenvalue weighted by molar-refractivity contribution is 7.99. The molecule has 0 atom stereocenters. The van der Waals surface area contributed by atoms with Crippen LogP contribution in [0, 0.1) is 18.3 Å². The van der Waals surface area contributed by atoms with Gasteiger partial charge in [0.1, 0.15) is 0 Å². The fraction of sp³-hybridized carbons (Fsp3) is 0.188. The summed E-state index contributed by atoms with van der Waals surface area (Å²) in [6.07, 6.45) is 1.07. The molecule has 1 nitrogen and oxygen atoms in total. The van der Waals surface area contributed by atoms with Gasteiger partial charge in [-0.1, -0.05) is 30.8 Å². The summed E-state index contributed by atoms with van der Waals surface area (Å²) in [5.41, 5.74) is 3.23. The summed E-state index contributed by atoms with van der Waals surface area (Å²) < 4.78 is 0. The monoisotopic (exact) mass is 253 g/mol. The SMILES string of the molecule is CCc1ccc(Sc2ccc(C#N)cc2C)cc1. The summed E-state index contributed by atoms with van der Waals surface area (Å²) in [6, 6.07) is 16.6. The first-order valence-corrected chi connectivity index (χ1v) is 6.82. The second-order valence-corrected chi connectivity index (χ2v) is 5.31. The minimum Gasteiger partial charge on any atom is -0.192 e. The molecule has 2 aromatic rings. The van der Waals surface area contributed by atoms with Gasteiger partial charge in [-0.3, -0.25) is 0 Å². The zero-order chi connectivity index (χ0) is 13.0. The smallest absolute Gasteiger partial charge is 0.0991 e. The fourth-order valence-electron chi connectivity index (χ4n) is 1.75. The lowest BCUT2D eigenvalue weighted by Crippen LogP contribution is -1.83. The molecule has 0 aliphatic rings. The molecule has 2 aromatic carbocycles. The van der Waals surface area contributed by atoms with Gasteiger partial charge in [-0.2, -0.15) is 5.26 Å². The van der Waals surface area contributed by atoms with Gasteiger partial charge >= 0.3 is 0 Å². The van der Waals surface area contributed by atoms with Crippen LogP contribution < -0.4 is 0 Å². The van der Waals surface area contributed by atoms with Crippen LogP contribution in [0.1, 0.15) is 23.6 Å². The van der Waals surface area contributed by atoms with Crippen LogP contribution >= 0.6 is 11.8 Å². The normalized spacial score (nSPS) is 10.1. The predicted molar refractivity (Wildman–Crippen MR) is 75.8 cm³/mol. The molecule has 0 unspecified atom stereocenters. The number of rotatable bonds is 3. The molecule has 2 heteroatoms. The van der Waals surface area contributed by atoms with Gasteiger partial charge in [0.2, 0.25) is 0 Å². The van der Waals surface area contributed by atoms with Gasteiger partial charge in [-0.05, 0) is 54.8 Å². The molecule has 0 radical (unpaired) electrons. The molecule has 0 bridgehead atoms. The Hall–Kier alpha value is -1.72. The lowest BCUT2D eigenvalue weighted by molar-refractivity contribution is 1.13. The van der Waals surface area contributed by atoms with E-state index in [4.69, 9.17) is 5.26 Å². The van der Waals surface area contributed by atoms with Crippen LogP contribution in [0.3, 0.4) is 0 Å². The van der Waals surface area contributed by atoms with E-state index < -0.39 is 0 Å². The Balaban J connectivity index is 2.20. The number of nitrogens with zero attached hydrogens (tertiary/aromatic N) is 1. The molecule has 0 saturated heterocycles. The molecule has 0 aliphatic carbocycles. The first-order chi connectivity index (χ1) is 8.72. The van der Waals surface area contributed by atoms with Gasteiger partial charge in [0.25, 0.3) is 0 Å². The molecule has 0 N–H and O–H groups in total. The summed E-state index contributed by atoms with van der Waals surface area (Å²) in [5, 5.41) is 8.84. The molecular formula is C16H15NS. The lowest BCUT2D eigenvalue weighted by Gasteiger charge is -2.06. The van der Waals surface area contributed by atoms with Gasteiger partial charge in [0, 0.05) is 9.79 Å². The highest BCUT2D eigenvalue weighted by Gasteiger charge is 2.02. The Morgan fingerprint density at radius 1 is 1.11 bits per heavy atom. The third kappa shape index (κ3) is 2.94. The van der Waals surface area contributed by atoms with Gasteiger partial charge in [-0.25, -0.2) is 0 Å². The van der Waals surface area contributed by atoms with Crippen molar-refractivity contribution >= 4 is 11.8 Å². The number of hydrogen-bond donors (Lipinski definition) is 0. The Morgan fingerprint density at radius 3 is 2.39 bits per heavy atom. The predicted octanol–water partition coefficient (Wildman–Crippen LogP) is 4.58. The van der Waals surface area contributed by atoms with Crippen LogP contribution in [-0.4, -0.2) is 0 Å². The van der Waals surface area contributed by atoms with Crippen molar-refractivity contribution in [3.63, 3.8) is 0 Å². The fourth-order valence-corrected chi connectivity index (χ4v) is 2.64. The van der Waals surface area contributed by atoms with E-state index in [2.05, 4.69) is 37.3 Å². The van der Waals surface area contributed by atoms with Gasteiger partial charge < -0.3 is 0 Å².